The molecule has 4 nitrogen and oxygen atoms in total. The summed E-state index contributed by atoms with van der Waals surface area (Å²) >= 11 is -0.0667. The molecule has 3 aromatic rings. The van der Waals surface area contributed by atoms with E-state index in [0.717, 1.165) is 46.9 Å². The molecule has 3 rings (SSSR count). The molecule has 0 spiro atoms. The first-order valence-corrected chi connectivity index (χ1v) is 16.4. The number of nitrogens with one attached hydrogen (secondary N) is 1. The van der Waals surface area contributed by atoms with Crippen LogP contribution in [0.1, 0.15) is 63.9 Å². The summed E-state index contributed by atoms with van der Waals surface area (Å²) < 4.78 is 17.8. The van der Waals surface area contributed by atoms with Crippen LogP contribution in [0, 0.1) is 24.6 Å². The van der Waals surface area contributed by atoms with Gasteiger partial charge in [-0.2, -0.15) is 0 Å². The molecule has 1 unspecified atom stereocenters. The van der Waals surface area contributed by atoms with E-state index in [1.165, 1.54) is 0 Å². The second-order valence-electron chi connectivity index (χ2n) is 9.83. The van der Waals surface area contributed by atoms with Gasteiger partial charge >= 0.3 is 212 Å². The van der Waals surface area contributed by atoms with E-state index in [0.29, 0.717) is 18.3 Å². The van der Waals surface area contributed by atoms with Gasteiger partial charge < -0.3 is 0 Å². The van der Waals surface area contributed by atoms with Crippen LogP contribution in [0.3, 0.4) is 0 Å². The van der Waals surface area contributed by atoms with Crippen LogP contribution in [0.15, 0.2) is 30.3 Å². The minimum atomic E-state index is -1.71. The molecule has 0 bridgehead atoms. The van der Waals surface area contributed by atoms with Crippen molar-refractivity contribution in [2.45, 2.75) is 70.7 Å². The molecule has 0 saturated carbocycles. The second kappa shape index (κ2) is 11.7. The fraction of sp³-hybridized carbons (Fsp3) is 0.481. The molecule has 184 valence electrons. The van der Waals surface area contributed by atoms with Crippen molar-refractivity contribution in [3.63, 3.8) is 0 Å². The van der Waals surface area contributed by atoms with E-state index in [1.54, 1.807) is 17.4 Å². The normalized spacial score (nSPS) is 12.8. The average Bonchev–Trinajstić information content (AvgIpc) is 3.09. The molecule has 0 aliphatic heterocycles. The summed E-state index contributed by atoms with van der Waals surface area (Å²) in [6.45, 7) is 12.8. The Hall–Kier alpha value is -1.91. The predicted molar refractivity (Wildman–Crippen MR) is 144 cm³/mol. The van der Waals surface area contributed by atoms with Gasteiger partial charge in [0, 0.05) is 0 Å². The fourth-order valence-electron chi connectivity index (χ4n) is 4.39. The second-order valence-corrected chi connectivity index (χ2v) is 15.8. The van der Waals surface area contributed by atoms with E-state index in [-0.39, 0.29) is 18.2 Å². The van der Waals surface area contributed by atoms with E-state index in [2.05, 4.69) is 44.1 Å². The van der Waals surface area contributed by atoms with Crippen LogP contribution in [0.2, 0.25) is 10.4 Å². The van der Waals surface area contributed by atoms with E-state index in [9.17, 15) is 9.90 Å². The van der Waals surface area contributed by atoms with Gasteiger partial charge in [-0.25, -0.2) is 0 Å². The molecule has 0 fully saturated rings. The van der Waals surface area contributed by atoms with Crippen molar-refractivity contribution in [2.75, 3.05) is 5.32 Å². The summed E-state index contributed by atoms with van der Waals surface area (Å²) in [4.78, 5) is 16.0. The Balaban J connectivity index is 2.12. The van der Waals surface area contributed by atoms with E-state index in [4.69, 9.17) is 0 Å². The zero-order valence-corrected chi connectivity index (χ0v) is 23.7. The zero-order valence-electron chi connectivity index (χ0n) is 21.0. The van der Waals surface area contributed by atoms with Gasteiger partial charge in [-0.05, 0) is 0 Å². The van der Waals surface area contributed by atoms with Crippen LogP contribution >= 0.6 is 11.3 Å². The number of aryl methyl sites for hydroxylation is 1. The SMILES string of the molecule is CCC(CC(=O)O)c1cc(F)c([As](CC(C)C)CC(C)C)c(Nc2ccc3nc(C)sc3c2)c1. The molecule has 34 heavy (non-hydrogen) atoms. The number of carboxylic acids is 1. The molecule has 2 N–H and O–H groups in total. The number of hydrogen-bond acceptors (Lipinski definition) is 4. The number of aliphatic carboxylic acids is 1. The van der Waals surface area contributed by atoms with Crippen LogP contribution in [-0.4, -0.2) is 30.7 Å². The fourth-order valence-corrected chi connectivity index (χ4v) is 11.8. The maximum atomic E-state index is 15.9. The van der Waals surface area contributed by atoms with Gasteiger partial charge in [-0.1, -0.05) is 0 Å². The number of nitrogens with zero attached hydrogens (tertiary/aromatic N) is 1. The number of hydrogen-bond donors (Lipinski definition) is 2. The van der Waals surface area contributed by atoms with Crippen molar-refractivity contribution in [1.29, 1.82) is 0 Å². The quantitative estimate of drug-likeness (QED) is 0.245. The topological polar surface area (TPSA) is 62.2 Å². The third kappa shape index (κ3) is 6.82. The first-order valence-electron chi connectivity index (χ1n) is 12.0. The number of carbonyl (C=O) groups is 1. The molecule has 1 aromatic heterocycles. The van der Waals surface area contributed by atoms with Crippen LogP contribution in [0.4, 0.5) is 15.8 Å². The Morgan fingerprint density at radius 3 is 2.41 bits per heavy atom. The first-order chi connectivity index (χ1) is 16.1. The number of benzene rings is 2. The number of carboxylic acid groups (broad SMARTS) is 1. The van der Waals surface area contributed by atoms with Crippen LogP contribution in [0.5, 0.6) is 0 Å². The molecule has 7 heteroatoms. The number of rotatable bonds is 11. The molecule has 1 atom stereocenters. The van der Waals surface area contributed by atoms with Gasteiger partial charge in [0.1, 0.15) is 0 Å². The third-order valence-electron chi connectivity index (χ3n) is 5.73. The number of aromatic nitrogens is 1. The Bertz CT molecular complexity index is 1140. The van der Waals surface area contributed by atoms with E-state index < -0.39 is 20.6 Å². The summed E-state index contributed by atoms with van der Waals surface area (Å²) in [5, 5.41) is 16.0. The molecule has 0 radical (unpaired) electrons. The van der Waals surface area contributed by atoms with Gasteiger partial charge in [-0.15, -0.1) is 0 Å². The van der Waals surface area contributed by atoms with Crippen LogP contribution in [0.25, 0.3) is 10.2 Å². The number of anilines is 2. The van der Waals surface area contributed by atoms with Gasteiger partial charge in [0.05, 0.1) is 0 Å². The van der Waals surface area contributed by atoms with Crippen LogP contribution in [-0.2, 0) is 4.79 Å². The number of thiazole rings is 1. The number of halogens is 1. The van der Waals surface area contributed by atoms with Crippen molar-refractivity contribution in [3.8, 4) is 0 Å². The molecule has 0 amide bonds. The summed E-state index contributed by atoms with van der Waals surface area (Å²) in [7, 11) is 0. The van der Waals surface area contributed by atoms with Gasteiger partial charge in [0.15, 0.2) is 0 Å². The predicted octanol–water partition coefficient (Wildman–Crippen LogP) is 7.47. The zero-order chi connectivity index (χ0) is 25.0. The standard InChI is InChI=1S/C27H36AsFN2O2S/c1-7-19(12-26(32)33)20-10-22(29)27(28(14-16(2)3)15-17(4)5)24(11-20)31-21-8-9-23-25(13-21)34-18(6)30-23/h8-11,13,16-17,19,31H,7,12,14-15H2,1-6H3,(H,32,33). The van der Waals surface area contributed by atoms with Crippen molar-refractivity contribution in [1.82, 2.24) is 4.98 Å². The Kier molecular flexibility index (Phi) is 9.17. The molecule has 0 saturated heterocycles. The summed E-state index contributed by atoms with van der Waals surface area (Å²) in [5.41, 5.74) is 3.43. The van der Waals surface area contributed by atoms with Gasteiger partial charge in [0.25, 0.3) is 0 Å². The molecular weight excluding hydrogens is 510 g/mol. The Morgan fingerprint density at radius 2 is 1.82 bits per heavy atom. The van der Waals surface area contributed by atoms with Crippen LogP contribution < -0.4 is 9.67 Å². The first kappa shape index (κ1) is 26.7. The van der Waals surface area contributed by atoms with Crippen molar-refractivity contribution >= 4 is 57.9 Å². The number of fused-ring (bicyclic) bond motifs is 1. The molecular formula is C27H36AsFN2O2S. The monoisotopic (exact) mass is 546 g/mol. The minimum absolute atomic E-state index is 0.000242. The van der Waals surface area contributed by atoms with Gasteiger partial charge in [-0.3, -0.25) is 0 Å². The van der Waals surface area contributed by atoms with Crippen molar-refractivity contribution in [2.24, 2.45) is 11.8 Å². The molecule has 2 aromatic carbocycles. The van der Waals surface area contributed by atoms with Crippen molar-refractivity contribution < 1.29 is 14.3 Å². The summed E-state index contributed by atoms with van der Waals surface area (Å²) in [6, 6.07) is 9.69. The average molecular weight is 547 g/mol. The summed E-state index contributed by atoms with van der Waals surface area (Å²) in [5.74, 6) is -0.261. The third-order valence-corrected chi connectivity index (χ3v) is 13.9. The van der Waals surface area contributed by atoms with E-state index >= 15 is 4.39 Å². The van der Waals surface area contributed by atoms with Gasteiger partial charge in [0.2, 0.25) is 0 Å². The Labute approximate surface area is 211 Å². The van der Waals surface area contributed by atoms with Crippen molar-refractivity contribution in [3.05, 3.63) is 46.7 Å². The maximum absolute atomic E-state index is 15.9. The Morgan fingerprint density at radius 1 is 1.15 bits per heavy atom. The molecule has 0 aliphatic rings. The summed E-state index contributed by atoms with van der Waals surface area (Å²) in [6.07, 6.45) is 0.649. The van der Waals surface area contributed by atoms with E-state index in [1.807, 2.05) is 32.0 Å². The molecule has 1 heterocycles. The molecule has 0 aliphatic carbocycles.